The highest BCUT2D eigenvalue weighted by atomic mass is 16.6. The minimum absolute atomic E-state index is 0.0775. The van der Waals surface area contributed by atoms with Crippen molar-refractivity contribution in [2.24, 2.45) is 0 Å². The summed E-state index contributed by atoms with van der Waals surface area (Å²) in [5.41, 5.74) is 1.14. The molecule has 4 saturated heterocycles. The zero-order valence-corrected chi connectivity index (χ0v) is 20.7. The van der Waals surface area contributed by atoms with Gasteiger partial charge >= 0.3 is 6.09 Å². The average molecular weight is 510 g/mol. The van der Waals surface area contributed by atoms with Gasteiger partial charge in [0.25, 0.3) is 11.8 Å². The summed E-state index contributed by atoms with van der Waals surface area (Å²) in [5, 5.41) is 2.22. The van der Waals surface area contributed by atoms with Gasteiger partial charge in [-0.05, 0) is 50.8 Å². The van der Waals surface area contributed by atoms with Crippen molar-refractivity contribution in [1.82, 2.24) is 20.0 Å². The second kappa shape index (κ2) is 9.44. The number of rotatable bonds is 4. The number of ether oxygens (including phenoxy) is 1. The lowest BCUT2D eigenvalue weighted by molar-refractivity contribution is -0.136. The number of piperidine rings is 1. The van der Waals surface area contributed by atoms with E-state index in [0.717, 1.165) is 17.9 Å². The number of carbonyl (C=O) groups is 5. The summed E-state index contributed by atoms with van der Waals surface area (Å²) in [6.45, 7) is 3.38. The molecule has 0 bridgehead atoms. The Bertz CT molecular complexity index is 1160. The predicted octanol–water partition coefficient (Wildman–Crippen LogP) is 0.973. The van der Waals surface area contributed by atoms with Crippen LogP contribution in [0, 0.1) is 0 Å². The highest BCUT2D eigenvalue weighted by Crippen LogP contribution is 2.35. The summed E-state index contributed by atoms with van der Waals surface area (Å²) in [6.07, 6.45) is 4.61. The van der Waals surface area contributed by atoms with Crippen LogP contribution < -0.4 is 10.2 Å². The van der Waals surface area contributed by atoms with Gasteiger partial charge in [-0.2, -0.15) is 0 Å². The zero-order valence-electron chi connectivity index (χ0n) is 20.7. The first kappa shape index (κ1) is 23.9. The molecular weight excluding hydrogens is 478 g/mol. The molecule has 1 aromatic carbocycles. The number of hydrogen-bond donors (Lipinski definition) is 1. The van der Waals surface area contributed by atoms with Crippen molar-refractivity contribution in [3.05, 3.63) is 29.3 Å². The molecule has 37 heavy (non-hydrogen) atoms. The average Bonchev–Trinajstić information content (AvgIpc) is 3.58. The molecule has 1 aromatic rings. The van der Waals surface area contributed by atoms with Gasteiger partial charge < -0.3 is 14.5 Å². The van der Waals surface area contributed by atoms with E-state index in [1.54, 1.807) is 23.1 Å². The Morgan fingerprint density at radius 1 is 0.946 bits per heavy atom. The second-order valence-electron chi connectivity index (χ2n) is 10.5. The number of hydrogen-bond acceptors (Lipinski definition) is 8. The maximum atomic E-state index is 13.4. The standard InChI is InChI=1S/C26H31N5O6/c32-21-9-8-20(23(33)27-21)31-24(34)18-4-1-5-19(22(18)25(31)35)28-11-13-29(14-12-28)26(36)37-15-17-7-6-16-3-2-10-30(16)17/h1,4-5,16-17,20H,2-3,6-15H2,(H,27,32,33). The Kier molecular flexibility index (Phi) is 6.10. The molecule has 11 heteroatoms. The maximum Gasteiger partial charge on any atom is 0.409 e. The number of fused-ring (bicyclic) bond motifs is 2. The smallest absolute Gasteiger partial charge is 0.409 e. The predicted molar refractivity (Wildman–Crippen MR) is 131 cm³/mol. The third kappa shape index (κ3) is 4.14. The van der Waals surface area contributed by atoms with Crippen LogP contribution >= 0.6 is 0 Å². The molecule has 6 rings (SSSR count). The van der Waals surface area contributed by atoms with Crippen LogP contribution in [0.25, 0.3) is 0 Å². The molecule has 5 heterocycles. The number of carbonyl (C=O) groups excluding carboxylic acids is 5. The van der Waals surface area contributed by atoms with Crippen molar-refractivity contribution < 1.29 is 28.7 Å². The molecular formula is C26H31N5O6. The number of anilines is 1. The SMILES string of the molecule is O=C1CCC(N2C(=O)c3cccc(N4CCN(C(=O)OCC5CCC6CCCN65)CC4)c3C2=O)C(=O)N1. The molecule has 0 radical (unpaired) electrons. The lowest BCUT2D eigenvalue weighted by Gasteiger charge is -2.36. The largest absolute Gasteiger partial charge is 0.448 e. The highest BCUT2D eigenvalue weighted by molar-refractivity contribution is 6.25. The van der Waals surface area contributed by atoms with Gasteiger partial charge in [0.05, 0.1) is 16.8 Å². The van der Waals surface area contributed by atoms with Crippen LogP contribution in [-0.4, -0.2) is 102 Å². The Morgan fingerprint density at radius 3 is 2.54 bits per heavy atom. The molecule has 0 aromatic heterocycles. The van der Waals surface area contributed by atoms with Crippen LogP contribution in [0.3, 0.4) is 0 Å². The van der Waals surface area contributed by atoms with Crippen LogP contribution in [-0.2, 0) is 14.3 Å². The van der Waals surface area contributed by atoms with Crippen molar-refractivity contribution in [2.75, 3.05) is 44.2 Å². The first-order valence-electron chi connectivity index (χ1n) is 13.2. The molecule has 196 valence electrons. The summed E-state index contributed by atoms with van der Waals surface area (Å²) in [5.74, 6) is -2.08. The lowest BCUT2D eigenvalue weighted by atomic mass is 10.0. The fourth-order valence-corrected chi connectivity index (χ4v) is 6.53. The van der Waals surface area contributed by atoms with Gasteiger partial charge in [-0.3, -0.25) is 34.3 Å². The monoisotopic (exact) mass is 509 g/mol. The molecule has 1 N–H and O–H groups in total. The Morgan fingerprint density at radius 2 is 1.76 bits per heavy atom. The van der Waals surface area contributed by atoms with Crippen molar-refractivity contribution in [2.45, 2.75) is 56.7 Å². The van der Waals surface area contributed by atoms with E-state index in [0.29, 0.717) is 50.6 Å². The van der Waals surface area contributed by atoms with Gasteiger partial charge in [0.1, 0.15) is 12.6 Å². The Labute approximate surface area is 214 Å². The van der Waals surface area contributed by atoms with Gasteiger partial charge in [0, 0.05) is 44.7 Å². The van der Waals surface area contributed by atoms with Gasteiger partial charge in [-0.25, -0.2) is 4.79 Å². The number of imide groups is 2. The molecule has 5 aliphatic heterocycles. The Hall–Kier alpha value is -3.47. The lowest BCUT2D eigenvalue weighted by Crippen LogP contribution is -2.54. The summed E-state index contributed by atoms with van der Waals surface area (Å²) in [6, 6.07) is 5.08. The second-order valence-corrected chi connectivity index (χ2v) is 10.5. The number of benzene rings is 1. The minimum atomic E-state index is -1.000. The van der Waals surface area contributed by atoms with Crippen LogP contribution in [0.4, 0.5) is 10.5 Å². The van der Waals surface area contributed by atoms with Crippen molar-refractivity contribution in [3.8, 4) is 0 Å². The number of piperazine rings is 1. The minimum Gasteiger partial charge on any atom is -0.448 e. The van der Waals surface area contributed by atoms with E-state index in [9.17, 15) is 24.0 Å². The topological polar surface area (TPSA) is 120 Å². The quantitative estimate of drug-likeness (QED) is 0.597. The molecule has 4 fully saturated rings. The van der Waals surface area contributed by atoms with Crippen molar-refractivity contribution in [3.63, 3.8) is 0 Å². The molecule has 11 nitrogen and oxygen atoms in total. The molecule has 0 saturated carbocycles. The van der Waals surface area contributed by atoms with E-state index >= 15 is 0 Å². The highest BCUT2D eigenvalue weighted by Gasteiger charge is 2.46. The summed E-state index contributed by atoms with van der Waals surface area (Å²) in [4.78, 5) is 70.3. The number of nitrogens with one attached hydrogen (secondary N) is 1. The number of nitrogens with zero attached hydrogens (tertiary/aromatic N) is 4. The Balaban J connectivity index is 1.09. The van der Waals surface area contributed by atoms with E-state index in [4.69, 9.17) is 4.74 Å². The summed E-state index contributed by atoms with van der Waals surface area (Å²) in [7, 11) is 0. The van der Waals surface area contributed by atoms with Crippen molar-refractivity contribution in [1.29, 1.82) is 0 Å². The zero-order chi connectivity index (χ0) is 25.7. The normalized spacial score (nSPS) is 28.0. The van der Waals surface area contributed by atoms with E-state index in [2.05, 4.69) is 10.2 Å². The molecule has 3 atom stereocenters. The first-order valence-corrected chi connectivity index (χ1v) is 13.2. The third-order valence-electron chi connectivity index (χ3n) is 8.45. The van der Waals surface area contributed by atoms with E-state index in [-0.39, 0.29) is 30.1 Å². The van der Waals surface area contributed by atoms with E-state index in [1.807, 2.05) is 4.90 Å². The van der Waals surface area contributed by atoms with Crippen molar-refractivity contribution >= 4 is 35.4 Å². The summed E-state index contributed by atoms with van der Waals surface area (Å²) < 4.78 is 5.68. The first-order chi connectivity index (χ1) is 17.9. The third-order valence-corrected chi connectivity index (χ3v) is 8.45. The fourth-order valence-electron chi connectivity index (χ4n) is 6.53. The molecule has 0 aliphatic carbocycles. The molecule has 5 amide bonds. The van der Waals surface area contributed by atoms with Gasteiger partial charge in [-0.1, -0.05) is 6.07 Å². The van der Waals surface area contributed by atoms with Crippen LogP contribution in [0.5, 0.6) is 0 Å². The summed E-state index contributed by atoms with van der Waals surface area (Å²) >= 11 is 0. The van der Waals surface area contributed by atoms with E-state index in [1.165, 1.54) is 19.3 Å². The molecule has 0 spiro atoms. The number of amides is 5. The van der Waals surface area contributed by atoms with Crippen LogP contribution in [0.1, 0.15) is 59.2 Å². The van der Waals surface area contributed by atoms with Gasteiger partial charge in [-0.15, -0.1) is 0 Å². The van der Waals surface area contributed by atoms with Crippen LogP contribution in [0.15, 0.2) is 18.2 Å². The fraction of sp³-hybridized carbons (Fsp3) is 0.577. The van der Waals surface area contributed by atoms with Gasteiger partial charge in [0.15, 0.2) is 0 Å². The maximum absolute atomic E-state index is 13.4. The van der Waals surface area contributed by atoms with Gasteiger partial charge in [0.2, 0.25) is 11.8 Å². The van der Waals surface area contributed by atoms with E-state index < -0.39 is 29.7 Å². The molecule has 3 unspecified atom stereocenters. The molecule has 5 aliphatic rings. The van der Waals surface area contributed by atoms with Crippen LogP contribution in [0.2, 0.25) is 0 Å².